The molecule has 0 amide bonds. The van der Waals surface area contributed by atoms with Gasteiger partial charge in [-0.1, -0.05) is 19.3 Å². The van der Waals surface area contributed by atoms with Gasteiger partial charge in [-0.05, 0) is 31.9 Å². The summed E-state index contributed by atoms with van der Waals surface area (Å²) in [5, 5.41) is 7.20. The van der Waals surface area contributed by atoms with Crippen molar-refractivity contribution in [2.45, 2.75) is 44.6 Å². The smallest absolute Gasteiger partial charge is 0.150 e. The highest BCUT2D eigenvalue weighted by Crippen LogP contribution is 2.37. The van der Waals surface area contributed by atoms with E-state index in [1.807, 2.05) is 6.92 Å². The summed E-state index contributed by atoms with van der Waals surface area (Å²) in [6.45, 7) is 3.09. The lowest BCUT2D eigenvalue weighted by Gasteiger charge is -2.42. The summed E-state index contributed by atoms with van der Waals surface area (Å²) in [6.07, 6.45) is 6.62. The highest BCUT2D eigenvalue weighted by Gasteiger charge is 2.35. The Hall–Kier alpha value is -1.25. The van der Waals surface area contributed by atoms with Gasteiger partial charge < -0.3 is 10.6 Å². The van der Waals surface area contributed by atoms with Crippen molar-refractivity contribution in [2.75, 3.05) is 17.2 Å². The van der Waals surface area contributed by atoms with Gasteiger partial charge in [0.05, 0.1) is 11.2 Å². The van der Waals surface area contributed by atoms with Crippen LogP contribution in [-0.2, 0) is 0 Å². The fourth-order valence-electron chi connectivity index (χ4n) is 2.88. The zero-order valence-electron chi connectivity index (χ0n) is 9.84. The number of anilines is 2. The average Bonchev–Trinajstić information content (AvgIpc) is 2.29. The Morgan fingerprint density at radius 3 is 2.81 bits per heavy atom. The Morgan fingerprint density at radius 2 is 2.00 bits per heavy atom. The molecule has 1 aliphatic heterocycles. The Bertz CT molecular complexity index is 394. The molecule has 2 heterocycles. The second kappa shape index (κ2) is 3.65. The highest BCUT2D eigenvalue weighted by atomic mass is 15.2. The van der Waals surface area contributed by atoms with E-state index in [0.29, 0.717) is 0 Å². The van der Waals surface area contributed by atoms with Crippen molar-refractivity contribution in [3.63, 3.8) is 0 Å². The van der Waals surface area contributed by atoms with Crippen LogP contribution in [0, 0.1) is 6.92 Å². The van der Waals surface area contributed by atoms with Crippen molar-refractivity contribution in [3.05, 3.63) is 17.8 Å². The molecule has 1 aromatic heterocycles. The SMILES string of the molecule is Cc1ccc2c(n1)NC1(CCCCC1)CN2. The maximum atomic E-state index is 4.59. The number of hydrogen-bond acceptors (Lipinski definition) is 3. The first kappa shape index (κ1) is 9.94. The van der Waals surface area contributed by atoms with Crippen LogP contribution in [0.1, 0.15) is 37.8 Å². The second-order valence-corrected chi connectivity index (χ2v) is 5.17. The molecule has 0 unspecified atom stereocenters. The topological polar surface area (TPSA) is 37.0 Å². The lowest BCUT2D eigenvalue weighted by atomic mass is 9.80. The van der Waals surface area contributed by atoms with Crippen LogP contribution in [0.5, 0.6) is 0 Å². The lowest BCUT2D eigenvalue weighted by Crippen LogP contribution is -2.49. The van der Waals surface area contributed by atoms with E-state index >= 15 is 0 Å². The number of nitrogens with one attached hydrogen (secondary N) is 2. The van der Waals surface area contributed by atoms with E-state index in [9.17, 15) is 0 Å². The first-order chi connectivity index (χ1) is 7.77. The van der Waals surface area contributed by atoms with Gasteiger partial charge in [0.25, 0.3) is 0 Å². The number of nitrogens with zero attached hydrogens (tertiary/aromatic N) is 1. The van der Waals surface area contributed by atoms with Gasteiger partial charge in [-0.15, -0.1) is 0 Å². The first-order valence-corrected chi connectivity index (χ1v) is 6.27. The van der Waals surface area contributed by atoms with Crippen LogP contribution in [0.25, 0.3) is 0 Å². The fourth-order valence-corrected chi connectivity index (χ4v) is 2.88. The molecule has 0 bridgehead atoms. The molecule has 1 saturated carbocycles. The summed E-state index contributed by atoms with van der Waals surface area (Å²) in [4.78, 5) is 4.59. The Kier molecular flexibility index (Phi) is 2.27. The largest absolute Gasteiger partial charge is 0.380 e. The minimum absolute atomic E-state index is 0.270. The van der Waals surface area contributed by atoms with Crippen molar-refractivity contribution < 1.29 is 0 Å². The molecular formula is C13H19N3. The molecule has 0 radical (unpaired) electrons. The minimum Gasteiger partial charge on any atom is -0.380 e. The maximum absolute atomic E-state index is 4.59. The van der Waals surface area contributed by atoms with Gasteiger partial charge in [0.15, 0.2) is 0 Å². The van der Waals surface area contributed by atoms with Crippen LogP contribution in [0.4, 0.5) is 11.5 Å². The molecule has 0 atom stereocenters. The summed E-state index contributed by atoms with van der Waals surface area (Å²) in [7, 11) is 0. The third-order valence-electron chi connectivity index (χ3n) is 3.85. The predicted octanol–water partition coefficient (Wildman–Crippen LogP) is 2.93. The molecule has 1 aliphatic carbocycles. The van der Waals surface area contributed by atoms with Gasteiger partial charge >= 0.3 is 0 Å². The molecule has 1 aromatic rings. The molecule has 1 spiro atoms. The molecule has 2 aliphatic rings. The lowest BCUT2D eigenvalue weighted by molar-refractivity contribution is 0.333. The monoisotopic (exact) mass is 217 g/mol. The van der Waals surface area contributed by atoms with Gasteiger partial charge in [-0.25, -0.2) is 4.98 Å². The summed E-state index contributed by atoms with van der Waals surface area (Å²) in [5.74, 6) is 1.05. The molecular weight excluding hydrogens is 198 g/mol. The van der Waals surface area contributed by atoms with E-state index in [-0.39, 0.29) is 5.54 Å². The van der Waals surface area contributed by atoms with E-state index in [2.05, 4.69) is 27.8 Å². The second-order valence-electron chi connectivity index (χ2n) is 5.17. The van der Waals surface area contributed by atoms with Gasteiger partial charge in [-0.2, -0.15) is 0 Å². The Balaban J connectivity index is 1.89. The van der Waals surface area contributed by atoms with Gasteiger partial charge in [0.1, 0.15) is 5.82 Å². The summed E-state index contributed by atoms with van der Waals surface area (Å²) >= 11 is 0. The summed E-state index contributed by atoms with van der Waals surface area (Å²) in [5.41, 5.74) is 2.51. The zero-order valence-corrected chi connectivity index (χ0v) is 9.84. The Morgan fingerprint density at radius 1 is 1.19 bits per heavy atom. The first-order valence-electron chi connectivity index (χ1n) is 6.27. The molecule has 86 valence electrons. The number of aryl methyl sites for hydroxylation is 1. The van der Waals surface area contributed by atoms with Crippen molar-refractivity contribution >= 4 is 11.5 Å². The number of hydrogen-bond donors (Lipinski definition) is 2. The zero-order chi connectivity index (χ0) is 11.0. The van der Waals surface area contributed by atoms with Crippen LogP contribution in [0.15, 0.2) is 12.1 Å². The fraction of sp³-hybridized carbons (Fsp3) is 0.615. The van der Waals surface area contributed by atoms with Crippen LogP contribution >= 0.6 is 0 Å². The third-order valence-corrected chi connectivity index (χ3v) is 3.85. The average molecular weight is 217 g/mol. The molecule has 2 N–H and O–H groups in total. The third kappa shape index (κ3) is 1.64. The van der Waals surface area contributed by atoms with E-state index in [1.54, 1.807) is 0 Å². The maximum Gasteiger partial charge on any atom is 0.150 e. The molecule has 0 aromatic carbocycles. The predicted molar refractivity (Wildman–Crippen MR) is 66.9 cm³/mol. The number of fused-ring (bicyclic) bond motifs is 1. The number of rotatable bonds is 0. The van der Waals surface area contributed by atoms with E-state index < -0.39 is 0 Å². The highest BCUT2D eigenvalue weighted by molar-refractivity contribution is 5.68. The summed E-state index contributed by atoms with van der Waals surface area (Å²) < 4.78 is 0. The Labute approximate surface area is 96.7 Å². The molecule has 16 heavy (non-hydrogen) atoms. The van der Waals surface area contributed by atoms with Crippen LogP contribution < -0.4 is 10.6 Å². The number of aromatic nitrogens is 1. The molecule has 0 saturated heterocycles. The van der Waals surface area contributed by atoms with E-state index in [0.717, 1.165) is 23.7 Å². The van der Waals surface area contributed by atoms with Crippen molar-refractivity contribution in [1.82, 2.24) is 4.98 Å². The van der Waals surface area contributed by atoms with Gasteiger partial charge in [0, 0.05) is 12.2 Å². The van der Waals surface area contributed by atoms with Gasteiger partial charge in [-0.3, -0.25) is 0 Å². The molecule has 1 fully saturated rings. The minimum atomic E-state index is 0.270. The molecule has 3 nitrogen and oxygen atoms in total. The molecule has 3 rings (SSSR count). The number of pyridine rings is 1. The van der Waals surface area contributed by atoms with Crippen LogP contribution in [0.3, 0.4) is 0 Å². The van der Waals surface area contributed by atoms with Crippen molar-refractivity contribution in [1.29, 1.82) is 0 Å². The van der Waals surface area contributed by atoms with Crippen molar-refractivity contribution in [2.24, 2.45) is 0 Å². The molecule has 3 heteroatoms. The van der Waals surface area contributed by atoms with Crippen molar-refractivity contribution in [3.8, 4) is 0 Å². The standard InChI is InChI=1S/C13H19N3/c1-10-5-6-11-12(15-10)16-13(9-14-11)7-3-2-4-8-13/h5-6,14H,2-4,7-9H2,1H3,(H,15,16). The van der Waals surface area contributed by atoms with E-state index in [1.165, 1.54) is 32.1 Å². The van der Waals surface area contributed by atoms with Gasteiger partial charge in [0.2, 0.25) is 0 Å². The van der Waals surface area contributed by atoms with Crippen LogP contribution in [0.2, 0.25) is 0 Å². The van der Waals surface area contributed by atoms with Crippen LogP contribution in [-0.4, -0.2) is 17.1 Å². The van der Waals surface area contributed by atoms with E-state index in [4.69, 9.17) is 0 Å². The summed E-state index contributed by atoms with van der Waals surface area (Å²) in [6, 6.07) is 4.19. The normalized spacial score (nSPS) is 22.1. The quantitative estimate of drug-likeness (QED) is 0.701.